The summed E-state index contributed by atoms with van der Waals surface area (Å²) < 4.78 is 0. The van der Waals surface area contributed by atoms with Crippen LogP contribution in [0.1, 0.15) is 5.56 Å². The standard InChI is InChI=1S/C10H8ClNS/c11-5-8-3-1-2-4-9(8)10-6-12-7-13-10/h1-4,6-7H,5H2. The molecular weight excluding hydrogens is 202 g/mol. The Balaban J connectivity index is 2.51. The van der Waals surface area contributed by atoms with E-state index < -0.39 is 0 Å². The van der Waals surface area contributed by atoms with Crippen molar-refractivity contribution < 1.29 is 0 Å². The third-order valence-electron chi connectivity index (χ3n) is 1.86. The van der Waals surface area contributed by atoms with Crippen LogP contribution in [0.25, 0.3) is 10.4 Å². The van der Waals surface area contributed by atoms with E-state index in [-0.39, 0.29) is 0 Å². The third kappa shape index (κ3) is 1.74. The van der Waals surface area contributed by atoms with Crippen LogP contribution in [0, 0.1) is 0 Å². The van der Waals surface area contributed by atoms with Crippen LogP contribution in [-0.4, -0.2) is 4.98 Å². The highest BCUT2D eigenvalue weighted by molar-refractivity contribution is 7.13. The predicted molar refractivity (Wildman–Crippen MR) is 57.1 cm³/mol. The van der Waals surface area contributed by atoms with Crippen molar-refractivity contribution in [2.24, 2.45) is 0 Å². The summed E-state index contributed by atoms with van der Waals surface area (Å²) in [5, 5.41) is 0. The normalized spacial score (nSPS) is 10.2. The molecule has 66 valence electrons. The van der Waals surface area contributed by atoms with Crippen LogP contribution in [-0.2, 0) is 5.88 Å². The van der Waals surface area contributed by atoms with Gasteiger partial charge in [0.25, 0.3) is 0 Å². The van der Waals surface area contributed by atoms with E-state index in [9.17, 15) is 0 Å². The van der Waals surface area contributed by atoms with Crippen molar-refractivity contribution in [1.82, 2.24) is 4.98 Å². The van der Waals surface area contributed by atoms with Gasteiger partial charge < -0.3 is 0 Å². The first-order chi connectivity index (χ1) is 6.42. The molecule has 1 nitrogen and oxygen atoms in total. The molecule has 2 rings (SSSR count). The summed E-state index contributed by atoms with van der Waals surface area (Å²) in [5.74, 6) is 0.550. The van der Waals surface area contributed by atoms with Crippen molar-refractivity contribution >= 4 is 22.9 Å². The van der Waals surface area contributed by atoms with Crippen molar-refractivity contribution in [3.05, 3.63) is 41.5 Å². The van der Waals surface area contributed by atoms with Gasteiger partial charge in [-0.3, -0.25) is 4.98 Å². The maximum Gasteiger partial charge on any atom is 0.0797 e. The second-order valence-electron chi connectivity index (χ2n) is 2.66. The van der Waals surface area contributed by atoms with Gasteiger partial charge in [-0.25, -0.2) is 0 Å². The summed E-state index contributed by atoms with van der Waals surface area (Å²) in [6.45, 7) is 0. The van der Waals surface area contributed by atoms with E-state index in [1.165, 1.54) is 10.4 Å². The molecule has 13 heavy (non-hydrogen) atoms. The van der Waals surface area contributed by atoms with Crippen LogP contribution in [0.2, 0.25) is 0 Å². The van der Waals surface area contributed by atoms with Crippen molar-refractivity contribution in [3.63, 3.8) is 0 Å². The predicted octanol–water partition coefficient (Wildman–Crippen LogP) is 3.55. The molecule has 0 N–H and O–H groups in total. The Bertz CT molecular complexity index is 384. The van der Waals surface area contributed by atoms with Crippen molar-refractivity contribution in [2.75, 3.05) is 0 Å². The number of rotatable bonds is 2. The lowest BCUT2D eigenvalue weighted by atomic mass is 10.1. The SMILES string of the molecule is ClCc1ccccc1-c1cncs1. The minimum absolute atomic E-state index is 0.550. The van der Waals surface area contributed by atoms with Gasteiger partial charge in [-0.1, -0.05) is 24.3 Å². The molecule has 1 aromatic carbocycles. The van der Waals surface area contributed by atoms with Gasteiger partial charge in [0.05, 0.1) is 10.4 Å². The van der Waals surface area contributed by atoms with E-state index in [0.717, 1.165) is 5.56 Å². The molecule has 0 aliphatic carbocycles. The minimum Gasteiger partial charge on any atom is -0.252 e. The van der Waals surface area contributed by atoms with Crippen LogP contribution in [0.3, 0.4) is 0 Å². The van der Waals surface area contributed by atoms with Gasteiger partial charge in [-0.2, -0.15) is 0 Å². The molecule has 2 aromatic rings. The maximum atomic E-state index is 5.83. The van der Waals surface area contributed by atoms with Gasteiger partial charge in [0, 0.05) is 12.1 Å². The average Bonchev–Trinajstić information content (AvgIpc) is 2.70. The summed E-state index contributed by atoms with van der Waals surface area (Å²) in [5.41, 5.74) is 4.19. The third-order valence-corrected chi connectivity index (χ3v) is 2.95. The van der Waals surface area contributed by atoms with E-state index in [4.69, 9.17) is 11.6 Å². The van der Waals surface area contributed by atoms with Gasteiger partial charge in [0.1, 0.15) is 0 Å². The van der Waals surface area contributed by atoms with E-state index in [1.807, 2.05) is 29.9 Å². The molecule has 0 aliphatic heterocycles. The lowest BCUT2D eigenvalue weighted by Crippen LogP contribution is -1.82. The van der Waals surface area contributed by atoms with Crippen LogP contribution in [0.5, 0.6) is 0 Å². The summed E-state index contributed by atoms with van der Waals surface area (Å²) in [7, 11) is 0. The van der Waals surface area contributed by atoms with Crippen molar-refractivity contribution in [1.29, 1.82) is 0 Å². The quantitative estimate of drug-likeness (QED) is 0.690. The monoisotopic (exact) mass is 209 g/mol. The first-order valence-corrected chi connectivity index (χ1v) is 5.36. The number of nitrogens with zero attached hydrogens (tertiary/aromatic N) is 1. The van der Waals surface area contributed by atoms with Gasteiger partial charge in [-0.05, 0) is 11.1 Å². The second kappa shape index (κ2) is 3.90. The number of aromatic nitrogens is 1. The van der Waals surface area contributed by atoms with Crippen LogP contribution in [0.15, 0.2) is 36.0 Å². The molecule has 0 fully saturated rings. The number of alkyl halides is 1. The molecule has 0 saturated heterocycles. The molecule has 0 bridgehead atoms. The average molecular weight is 210 g/mol. The Morgan fingerprint density at radius 3 is 2.85 bits per heavy atom. The summed E-state index contributed by atoms with van der Waals surface area (Å²) in [6, 6.07) is 8.14. The highest BCUT2D eigenvalue weighted by Gasteiger charge is 2.03. The van der Waals surface area contributed by atoms with E-state index >= 15 is 0 Å². The van der Waals surface area contributed by atoms with Crippen LogP contribution < -0.4 is 0 Å². The zero-order chi connectivity index (χ0) is 9.10. The topological polar surface area (TPSA) is 12.9 Å². The zero-order valence-electron chi connectivity index (χ0n) is 6.90. The molecule has 0 radical (unpaired) electrons. The molecule has 1 heterocycles. The van der Waals surface area contributed by atoms with E-state index in [0.29, 0.717) is 5.88 Å². The van der Waals surface area contributed by atoms with E-state index in [2.05, 4.69) is 11.1 Å². The fourth-order valence-electron chi connectivity index (χ4n) is 1.23. The molecule has 0 atom stereocenters. The second-order valence-corrected chi connectivity index (χ2v) is 3.81. The molecule has 0 spiro atoms. The smallest absolute Gasteiger partial charge is 0.0797 e. The molecule has 0 aliphatic rings. The largest absolute Gasteiger partial charge is 0.252 e. The Morgan fingerprint density at radius 2 is 2.15 bits per heavy atom. The summed E-state index contributed by atoms with van der Waals surface area (Å²) in [4.78, 5) is 5.23. The fraction of sp³-hybridized carbons (Fsp3) is 0.100. The van der Waals surface area contributed by atoms with Crippen LogP contribution in [0.4, 0.5) is 0 Å². The first-order valence-electron chi connectivity index (χ1n) is 3.94. The van der Waals surface area contributed by atoms with Gasteiger partial charge in [0.2, 0.25) is 0 Å². The Kier molecular flexibility index (Phi) is 2.62. The molecular formula is C10H8ClNS. The Labute approximate surface area is 86.0 Å². The minimum atomic E-state index is 0.550. The molecule has 0 saturated carbocycles. The Hall–Kier alpha value is -0.860. The number of thiazole rings is 1. The maximum absolute atomic E-state index is 5.83. The number of hydrogen-bond acceptors (Lipinski definition) is 2. The van der Waals surface area contributed by atoms with Gasteiger partial charge in [-0.15, -0.1) is 22.9 Å². The molecule has 0 amide bonds. The fourth-order valence-corrected chi connectivity index (χ4v) is 2.14. The molecule has 3 heteroatoms. The summed E-state index contributed by atoms with van der Waals surface area (Å²) >= 11 is 7.47. The lowest BCUT2D eigenvalue weighted by molar-refractivity contribution is 1.39. The number of halogens is 1. The highest BCUT2D eigenvalue weighted by Crippen LogP contribution is 2.27. The van der Waals surface area contributed by atoms with Gasteiger partial charge >= 0.3 is 0 Å². The summed E-state index contributed by atoms with van der Waals surface area (Å²) in [6.07, 6.45) is 1.87. The van der Waals surface area contributed by atoms with Gasteiger partial charge in [0.15, 0.2) is 0 Å². The van der Waals surface area contributed by atoms with E-state index in [1.54, 1.807) is 11.3 Å². The molecule has 1 aromatic heterocycles. The number of benzene rings is 1. The lowest BCUT2D eigenvalue weighted by Gasteiger charge is -2.02. The highest BCUT2D eigenvalue weighted by atomic mass is 35.5. The van der Waals surface area contributed by atoms with Crippen LogP contribution >= 0.6 is 22.9 Å². The first kappa shape index (κ1) is 8.73. The van der Waals surface area contributed by atoms with Crippen molar-refractivity contribution in [2.45, 2.75) is 5.88 Å². The zero-order valence-corrected chi connectivity index (χ0v) is 8.48. The van der Waals surface area contributed by atoms with Crippen molar-refractivity contribution in [3.8, 4) is 10.4 Å². The molecule has 0 unspecified atom stereocenters. The number of hydrogen-bond donors (Lipinski definition) is 0. The Morgan fingerprint density at radius 1 is 1.31 bits per heavy atom.